The summed E-state index contributed by atoms with van der Waals surface area (Å²) in [4.78, 5) is 27.2. The van der Waals surface area contributed by atoms with Gasteiger partial charge >= 0.3 is 0 Å². The normalized spacial score (nSPS) is 19.6. The second-order valence-corrected chi connectivity index (χ2v) is 4.57. The summed E-state index contributed by atoms with van der Waals surface area (Å²) in [5.74, 6) is 0.751. The second-order valence-electron chi connectivity index (χ2n) is 4.57. The van der Waals surface area contributed by atoms with Gasteiger partial charge in [0.15, 0.2) is 0 Å². The van der Waals surface area contributed by atoms with Crippen LogP contribution in [0.15, 0.2) is 12.3 Å². The summed E-state index contributed by atoms with van der Waals surface area (Å²) in [6.07, 6.45) is 4.12. The van der Waals surface area contributed by atoms with Crippen molar-refractivity contribution in [2.45, 2.75) is 19.8 Å². The molecule has 1 atom stereocenters. The molecule has 1 aliphatic heterocycles. The summed E-state index contributed by atoms with van der Waals surface area (Å²) in [6, 6.07) is 1.71. The standard InChI is InChI=1S/C12H15N3O3/c1-9-5-12(13-6-11(9)15(17)18)14-4-2-3-10(7-14)8-16/h5-6,8,10H,2-4,7H2,1H3. The number of carbonyl (C=O) groups is 1. The fourth-order valence-electron chi connectivity index (χ4n) is 2.23. The van der Waals surface area contributed by atoms with Crippen molar-refractivity contribution in [1.29, 1.82) is 0 Å². The van der Waals surface area contributed by atoms with Gasteiger partial charge in [0.05, 0.1) is 4.92 Å². The first-order chi connectivity index (χ1) is 8.61. The van der Waals surface area contributed by atoms with Gasteiger partial charge in [-0.2, -0.15) is 0 Å². The van der Waals surface area contributed by atoms with Gasteiger partial charge in [-0.05, 0) is 25.8 Å². The highest BCUT2D eigenvalue weighted by atomic mass is 16.6. The van der Waals surface area contributed by atoms with E-state index in [2.05, 4.69) is 4.98 Å². The van der Waals surface area contributed by atoms with Gasteiger partial charge in [-0.15, -0.1) is 0 Å². The molecule has 2 rings (SSSR count). The first-order valence-corrected chi connectivity index (χ1v) is 5.93. The molecule has 0 radical (unpaired) electrons. The fraction of sp³-hybridized carbons (Fsp3) is 0.500. The van der Waals surface area contributed by atoms with Crippen LogP contribution in [0.25, 0.3) is 0 Å². The van der Waals surface area contributed by atoms with E-state index in [0.29, 0.717) is 17.9 Å². The number of aromatic nitrogens is 1. The Bertz CT molecular complexity index is 476. The zero-order chi connectivity index (χ0) is 13.1. The van der Waals surface area contributed by atoms with Crippen LogP contribution in [0.3, 0.4) is 0 Å². The molecule has 1 saturated heterocycles. The fourth-order valence-corrected chi connectivity index (χ4v) is 2.23. The first kappa shape index (κ1) is 12.5. The van der Waals surface area contributed by atoms with E-state index in [1.807, 2.05) is 4.90 Å². The van der Waals surface area contributed by atoms with Crippen molar-refractivity contribution in [1.82, 2.24) is 4.98 Å². The zero-order valence-electron chi connectivity index (χ0n) is 10.2. The predicted molar refractivity (Wildman–Crippen MR) is 66.6 cm³/mol. The predicted octanol–water partition coefficient (Wildman–Crippen LogP) is 1.71. The molecule has 0 aliphatic carbocycles. The van der Waals surface area contributed by atoms with Crippen LogP contribution in [-0.4, -0.2) is 29.3 Å². The third-order valence-corrected chi connectivity index (χ3v) is 3.24. The molecule has 1 unspecified atom stereocenters. The third-order valence-electron chi connectivity index (χ3n) is 3.24. The Labute approximate surface area is 105 Å². The van der Waals surface area contributed by atoms with Crippen LogP contribution in [-0.2, 0) is 4.79 Å². The van der Waals surface area contributed by atoms with E-state index in [1.165, 1.54) is 6.20 Å². The van der Waals surface area contributed by atoms with E-state index >= 15 is 0 Å². The van der Waals surface area contributed by atoms with E-state index < -0.39 is 4.92 Å². The van der Waals surface area contributed by atoms with Crippen molar-refractivity contribution >= 4 is 17.8 Å². The summed E-state index contributed by atoms with van der Waals surface area (Å²) in [5.41, 5.74) is 0.626. The molecule has 1 aliphatic rings. The van der Waals surface area contributed by atoms with Crippen molar-refractivity contribution in [3.63, 3.8) is 0 Å². The molecule has 0 N–H and O–H groups in total. The van der Waals surface area contributed by atoms with Crippen LogP contribution in [0.5, 0.6) is 0 Å². The zero-order valence-corrected chi connectivity index (χ0v) is 10.2. The van der Waals surface area contributed by atoms with E-state index in [0.717, 1.165) is 25.7 Å². The molecule has 0 bridgehead atoms. The quantitative estimate of drug-likeness (QED) is 0.463. The maximum Gasteiger partial charge on any atom is 0.290 e. The topological polar surface area (TPSA) is 76.3 Å². The summed E-state index contributed by atoms with van der Waals surface area (Å²) < 4.78 is 0. The molecule has 6 nitrogen and oxygen atoms in total. The molecular weight excluding hydrogens is 234 g/mol. The number of nitrogens with zero attached hydrogens (tertiary/aromatic N) is 3. The maximum atomic E-state index is 10.8. The lowest BCUT2D eigenvalue weighted by molar-refractivity contribution is -0.385. The molecule has 18 heavy (non-hydrogen) atoms. The highest BCUT2D eigenvalue weighted by Crippen LogP contribution is 2.24. The molecule has 0 amide bonds. The number of anilines is 1. The molecule has 0 aromatic carbocycles. The van der Waals surface area contributed by atoms with Crippen LogP contribution in [0.2, 0.25) is 0 Å². The SMILES string of the molecule is Cc1cc(N2CCCC(C=O)C2)ncc1[N+](=O)[O-]. The molecular formula is C12H15N3O3. The minimum atomic E-state index is -0.434. The number of hydrogen-bond acceptors (Lipinski definition) is 5. The smallest absolute Gasteiger partial charge is 0.290 e. The van der Waals surface area contributed by atoms with Gasteiger partial charge in [-0.3, -0.25) is 10.1 Å². The average Bonchev–Trinajstić information content (AvgIpc) is 2.38. The van der Waals surface area contributed by atoms with Crippen molar-refractivity contribution in [2.75, 3.05) is 18.0 Å². The Balaban J connectivity index is 2.21. The van der Waals surface area contributed by atoms with Crippen LogP contribution in [0.4, 0.5) is 11.5 Å². The van der Waals surface area contributed by atoms with Crippen molar-refractivity contribution in [2.24, 2.45) is 5.92 Å². The van der Waals surface area contributed by atoms with Gasteiger partial charge in [0, 0.05) is 24.6 Å². The Kier molecular flexibility index (Phi) is 3.55. The number of rotatable bonds is 3. The molecule has 0 spiro atoms. The first-order valence-electron chi connectivity index (χ1n) is 5.93. The number of hydrogen-bond donors (Lipinski definition) is 0. The minimum absolute atomic E-state index is 0.0303. The second kappa shape index (κ2) is 5.12. The van der Waals surface area contributed by atoms with E-state index in [1.54, 1.807) is 13.0 Å². The molecule has 2 heterocycles. The number of pyridine rings is 1. The number of carbonyl (C=O) groups excluding carboxylic acids is 1. The monoisotopic (exact) mass is 249 g/mol. The molecule has 6 heteroatoms. The Morgan fingerprint density at radius 3 is 3.00 bits per heavy atom. The van der Waals surface area contributed by atoms with Gasteiger partial charge in [0.1, 0.15) is 18.3 Å². The van der Waals surface area contributed by atoms with Gasteiger partial charge in [0.25, 0.3) is 5.69 Å². The molecule has 1 aromatic heterocycles. The van der Waals surface area contributed by atoms with Gasteiger partial charge in [-0.1, -0.05) is 0 Å². The lowest BCUT2D eigenvalue weighted by Gasteiger charge is -2.31. The van der Waals surface area contributed by atoms with Crippen LogP contribution >= 0.6 is 0 Å². The Morgan fingerprint density at radius 1 is 1.61 bits per heavy atom. The molecule has 96 valence electrons. The molecule has 1 aromatic rings. The van der Waals surface area contributed by atoms with Crippen molar-refractivity contribution < 1.29 is 9.72 Å². The number of aryl methyl sites for hydroxylation is 1. The van der Waals surface area contributed by atoms with Crippen LogP contribution in [0, 0.1) is 23.0 Å². The van der Waals surface area contributed by atoms with Crippen LogP contribution in [0.1, 0.15) is 18.4 Å². The summed E-state index contributed by atoms with van der Waals surface area (Å²) in [5, 5.41) is 10.7. The lowest BCUT2D eigenvalue weighted by Crippen LogP contribution is -2.36. The molecule has 1 fully saturated rings. The highest BCUT2D eigenvalue weighted by Gasteiger charge is 2.21. The largest absolute Gasteiger partial charge is 0.356 e. The van der Waals surface area contributed by atoms with E-state index in [9.17, 15) is 14.9 Å². The number of piperidine rings is 1. The van der Waals surface area contributed by atoms with Crippen molar-refractivity contribution in [3.8, 4) is 0 Å². The lowest BCUT2D eigenvalue weighted by atomic mass is 10.00. The number of nitro groups is 1. The summed E-state index contributed by atoms with van der Waals surface area (Å²) >= 11 is 0. The number of aldehydes is 1. The summed E-state index contributed by atoms with van der Waals surface area (Å²) in [6.45, 7) is 3.19. The highest BCUT2D eigenvalue weighted by molar-refractivity contribution is 5.57. The van der Waals surface area contributed by atoms with Gasteiger partial charge in [-0.25, -0.2) is 4.98 Å². The molecule has 0 saturated carbocycles. The maximum absolute atomic E-state index is 10.8. The Morgan fingerprint density at radius 2 is 2.39 bits per heavy atom. The Hall–Kier alpha value is -1.98. The third kappa shape index (κ3) is 2.47. The van der Waals surface area contributed by atoms with Crippen molar-refractivity contribution in [3.05, 3.63) is 27.9 Å². The average molecular weight is 249 g/mol. The van der Waals surface area contributed by atoms with Gasteiger partial charge < -0.3 is 9.69 Å². The van der Waals surface area contributed by atoms with E-state index in [4.69, 9.17) is 0 Å². The minimum Gasteiger partial charge on any atom is -0.356 e. The summed E-state index contributed by atoms with van der Waals surface area (Å²) in [7, 11) is 0. The van der Waals surface area contributed by atoms with E-state index in [-0.39, 0.29) is 11.6 Å². The van der Waals surface area contributed by atoms with Gasteiger partial charge in [0.2, 0.25) is 0 Å². The van der Waals surface area contributed by atoms with Crippen LogP contribution < -0.4 is 4.90 Å².